The molecule has 3 rings (SSSR count). The van der Waals surface area contributed by atoms with Crippen LogP contribution in [0.25, 0.3) is 0 Å². The standard InChI is InChI=1S/C25H24N2O5/c1-2-3-17-31-23-15-11-21(12-16-23)25(28)32-26-24(20-7-5-4-6-8-20)18-19-9-13-22(14-10-19)27(29)30/h4-16H,2-3,17-18H2,1H3/b26-24+. The Kier molecular flexibility index (Phi) is 8.09. The van der Waals surface area contributed by atoms with Gasteiger partial charge in [-0.15, -0.1) is 0 Å². The Balaban J connectivity index is 1.73. The van der Waals surface area contributed by atoms with Gasteiger partial charge in [-0.25, -0.2) is 4.79 Å². The molecule has 3 aromatic rings. The highest BCUT2D eigenvalue weighted by atomic mass is 16.7. The van der Waals surface area contributed by atoms with Gasteiger partial charge in [0, 0.05) is 18.6 Å². The largest absolute Gasteiger partial charge is 0.494 e. The fourth-order valence-corrected chi connectivity index (χ4v) is 2.92. The highest BCUT2D eigenvalue weighted by molar-refractivity contribution is 6.02. The molecule has 0 aromatic heterocycles. The molecule has 0 aliphatic carbocycles. The van der Waals surface area contributed by atoms with E-state index >= 15 is 0 Å². The summed E-state index contributed by atoms with van der Waals surface area (Å²) in [6.45, 7) is 2.72. The van der Waals surface area contributed by atoms with E-state index in [4.69, 9.17) is 9.57 Å². The van der Waals surface area contributed by atoms with Crippen LogP contribution < -0.4 is 4.74 Å². The van der Waals surface area contributed by atoms with Crippen LogP contribution in [0.15, 0.2) is 84.0 Å². The van der Waals surface area contributed by atoms with Crippen molar-refractivity contribution in [1.82, 2.24) is 0 Å². The maximum Gasteiger partial charge on any atom is 0.365 e. The predicted molar refractivity (Wildman–Crippen MR) is 122 cm³/mol. The van der Waals surface area contributed by atoms with E-state index in [0.29, 0.717) is 30.1 Å². The average molecular weight is 432 g/mol. The summed E-state index contributed by atoms with van der Waals surface area (Å²) >= 11 is 0. The molecular weight excluding hydrogens is 408 g/mol. The van der Waals surface area contributed by atoms with Crippen LogP contribution in [0, 0.1) is 10.1 Å². The number of carbonyl (C=O) groups is 1. The summed E-state index contributed by atoms with van der Waals surface area (Å²) in [5.74, 6) is 0.115. The second-order valence-corrected chi connectivity index (χ2v) is 7.11. The lowest BCUT2D eigenvalue weighted by molar-refractivity contribution is -0.384. The third kappa shape index (κ3) is 6.50. The van der Waals surface area contributed by atoms with Crippen LogP contribution in [0.3, 0.4) is 0 Å². The molecule has 0 atom stereocenters. The van der Waals surface area contributed by atoms with E-state index in [9.17, 15) is 14.9 Å². The van der Waals surface area contributed by atoms with Gasteiger partial charge in [0.1, 0.15) is 5.75 Å². The lowest BCUT2D eigenvalue weighted by Crippen LogP contribution is -2.09. The van der Waals surface area contributed by atoms with E-state index in [1.54, 1.807) is 36.4 Å². The predicted octanol–water partition coefficient (Wildman–Crippen LogP) is 5.58. The van der Waals surface area contributed by atoms with Crippen molar-refractivity contribution < 1.29 is 19.3 Å². The Morgan fingerprint density at radius 2 is 1.62 bits per heavy atom. The third-order valence-electron chi connectivity index (χ3n) is 4.72. The zero-order chi connectivity index (χ0) is 22.8. The molecule has 0 N–H and O–H groups in total. The minimum Gasteiger partial charge on any atom is -0.494 e. The molecule has 0 saturated heterocycles. The van der Waals surface area contributed by atoms with Crippen LogP contribution in [0.5, 0.6) is 5.75 Å². The Labute approximate surface area is 186 Å². The van der Waals surface area contributed by atoms with E-state index < -0.39 is 10.9 Å². The maximum absolute atomic E-state index is 12.5. The molecule has 0 amide bonds. The Morgan fingerprint density at radius 3 is 2.25 bits per heavy atom. The fourth-order valence-electron chi connectivity index (χ4n) is 2.92. The number of ether oxygens (including phenoxy) is 1. The normalized spacial score (nSPS) is 11.1. The summed E-state index contributed by atoms with van der Waals surface area (Å²) in [5, 5.41) is 15.0. The Bertz CT molecular complexity index is 1060. The monoisotopic (exact) mass is 432 g/mol. The quantitative estimate of drug-likeness (QED) is 0.137. The molecule has 0 aliphatic heterocycles. The van der Waals surface area contributed by atoms with Gasteiger partial charge in [0.25, 0.3) is 5.69 Å². The molecule has 0 heterocycles. The molecule has 0 saturated carbocycles. The molecule has 0 unspecified atom stereocenters. The smallest absolute Gasteiger partial charge is 0.365 e. The molecule has 0 aliphatic rings. The summed E-state index contributed by atoms with van der Waals surface area (Å²) in [6, 6.07) is 22.3. The molecule has 7 nitrogen and oxygen atoms in total. The van der Waals surface area contributed by atoms with E-state index in [1.807, 2.05) is 30.3 Å². The molecule has 3 aromatic carbocycles. The van der Waals surface area contributed by atoms with Crippen LogP contribution in [0.2, 0.25) is 0 Å². The molecule has 7 heteroatoms. The first-order valence-electron chi connectivity index (χ1n) is 10.4. The number of oxime groups is 1. The van der Waals surface area contributed by atoms with Crippen molar-refractivity contribution in [2.75, 3.05) is 6.61 Å². The van der Waals surface area contributed by atoms with E-state index in [2.05, 4.69) is 12.1 Å². The van der Waals surface area contributed by atoms with Gasteiger partial charge in [-0.1, -0.05) is 61.0 Å². The number of non-ortho nitro benzene ring substituents is 1. The average Bonchev–Trinajstić information content (AvgIpc) is 2.83. The van der Waals surface area contributed by atoms with Crippen molar-refractivity contribution in [3.05, 3.63) is 106 Å². The van der Waals surface area contributed by atoms with Crippen LogP contribution >= 0.6 is 0 Å². The van der Waals surface area contributed by atoms with Gasteiger partial charge < -0.3 is 9.57 Å². The van der Waals surface area contributed by atoms with Crippen molar-refractivity contribution >= 4 is 17.4 Å². The summed E-state index contributed by atoms with van der Waals surface area (Å²) in [5.41, 5.74) is 2.51. The van der Waals surface area contributed by atoms with Crippen molar-refractivity contribution in [2.45, 2.75) is 26.2 Å². The van der Waals surface area contributed by atoms with E-state index in [1.165, 1.54) is 12.1 Å². The fraction of sp³-hybridized carbons (Fsp3) is 0.200. The Morgan fingerprint density at radius 1 is 0.938 bits per heavy atom. The number of hydrogen-bond donors (Lipinski definition) is 0. The maximum atomic E-state index is 12.5. The van der Waals surface area contributed by atoms with Crippen LogP contribution in [0.4, 0.5) is 5.69 Å². The first kappa shape index (κ1) is 22.7. The number of hydrogen-bond acceptors (Lipinski definition) is 6. The molecule has 32 heavy (non-hydrogen) atoms. The lowest BCUT2D eigenvalue weighted by Gasteiger charge is -2.08. The van der Waals surface area contributed by atoms with Gasteiger partial charge >= 0.3 is 5.97 Å². The van der Waals surface area contributed by atoms with Crippen LogP contribution in [-0.4, -0.2) is 23.2 Å². The molecule has 0 bridgehead atoms. The van der Waals surface area contributed by atoms with E-state index in [0.717, 1.165) is 24.0 Å². The molecule has 164 valence electrons. The number of nitro benzene ring substituents is 1. The third-order valence-corrected chi connectivity index (χ3v) is 4.72. The number of carbonyl (C=O) groups excluding carboxylic acids is 1. The van der Waals surface area contributed by atoms with E-state index in [-0.39, 0.29) is 5.69 Å². The number of nitrogens with zero attached hydrogens (tertiary/aromatic N) is 2. The Hall–Kier alpha value is -4.00. The first-order chi connectivity index (χ1) is 15.6. The lowest BCUT2D eigenvalue weighted by atomic mass is 10.0. The van der Waals surface area contributed by atoms with Gasteiger partial charge in [0.15, 0.2) is 0 Å². The van der Waals surface area contributed by atoms with Crippen molar-refractivity contribution in [3.63, 3.8) is 0 Å². The number of unbranched alkanes of at least 4 members (excludes halogenated alkanes) is 1. The van der Waals surface area contributed by atoms with Gasteiger partial charge in [-0.3, -0.25) is 10.1 Å². The van der Waals surface area contributed by atoms with Crippen LogP contribution in [-0.2, 0) is 11.3 Å². The summed E-state index contributed by atoms with van der Waals surface area (Å²) < 4.78 is 5.60. The summed E-state index contributed by atoms with van der Waals surface area (Å²) in [4.78, 5) is 28.1. The van der Waals surface area contributed by atoms with Crippen LogP contribution in [0.1, 0.15) is 41.3 Å². The molecule has 0 fully saturated rings. The van der Waals surface area contributed by atoms with Crippen molar-refractivity contribution in [1.29, 1.82) is 0 Å². The highest BCUT2D eigenvalue weighted by Crippen LogP contribution is 2.16. The summed E-state index contributed by atoms with van der Waals surface area (Å²) in [7, 11) is 0. The summed E-state index contributed by atoms with van der Waals surface area (Å²) in [6.07, 6.45) is 2.36. The van der Waals surface area contributed by atoms with Gasteiger partial charge in [-0.2, -0.15) is 0 Å². The number of nitro groups is 1. The molecular formula is C25H24N2O5. The van der Waals surface area contributed by atoms with Gasteiger partial charge in [0.05, 0.1) is 22.8 Å². The van der Waals surface area contributed by atoms with Gasteiger partial charge in [0.2, 0.25) is 0 Å². The number of rotatable bonds is 10. The zero-order valence-corrected chi connectivity index (χ0v) is 17.8. The van der Waals surface area contributed by atoms with Gasteiger partial charge in [-0.05, 0) is 41.8 Å². The molecule has 0 radical (unpaired) electrons. The SMILES string of the molecule is CCCCOc1ccc(C(=O)O/N=C(\Cc2ccc([N+](=O)[O-])cc2)c2ccccc2)cc1. The second kappa shape index (κ2) is 11.4. The topological polar surface area (TPSA) is 91.0 Å². The van der Waals surface area contributed by atoms with Crippen molar-refractivity contribution in [2.24, 2.45) is 5.16 Å². The number of benzene rings is 3. The molecule has 0 spiro atoms. The van der Waals surface area contributed by atoms with Crippen molar-refractivity contribution in [3.8, 4) is 5.75 Å². The first-order valence-corrected chi connectivity index (χ1v) is 10.4. The highest BCUT2D eigenvalue weighted by Gasteiger charge is 2.12. The minimum atomic E-state index is -0.581. The zero-order valence-electron chi connectivity index (χ0n) is 17.8. The minimum absolute atomic E-state index is 0.0144. The second-order valence-electron chi connectivity index (χ2n) is 7.11.